The molecule has 1 amide bonds. The molecule has 0 aliphatic heterocycles. The molecule has 23 heavy (non-hydrogen) atoms. The molecule has 6 nitrogen and oxygen atoms in total. The van der Waals surface area contributed by atoms with E-state index in [1.807, 2.05) is 12.3 Å². The third-order valence-electron chi connectivity index (χ3n) is 3.27. The topological polar surface area (TPSA) is 88.0 Å². The Bertz CT molecular complexity index is 865. The number of H-pyrrole nitrogens is 1. The minimum Gasteiger partial charge on any atom is -0.463 e. The van der Waals surface area contributed by atoms with E-state index < -0.39 is 11.5 Å². The summed E-state index contributed by atoms with van der Waals surface area (Å²) in [5.41, 5.74) is 1.11. The summed E-state index contributed by atoms with van der Waals surface area (Å²) >= 11 is 1.57. The van der Waals surface area contributed by atoms with E-state index in [1.165, 1.54) is 12.3 Å². The first-order chi connectivity index (χ1) is 11.1. The summed E-state index contributed by atoms with van der Waals surface area (Å²) in [5.74, 6) is 0.150. The van der Waals surface area contributed by atoms with Crippen molar-refractivity contribution in [2.24, 2.45) is 0 Å². The van der Waals surface area contributed by atoms with Crippen LogP contribution in [0.5, 0.6) is 0 Å². The van der Waals surface area contributed by atoms with E-state index in [4.69, 9.17) is 4.42 Å². The normalized spacial score (nSPS) is 10.7. The van der Waals surface area contributed by atoms with Gasteiger partial charge >= 0.3 is 0 Å². The van der Waals surface area contributed by atoms with E-state index in [1.54, 1.807) is 29.5 Å². The molecule has 0 aromatic carbocycles. The van der Waals surface area contributed by atoms with E-state index >= 15 is 0 Å². The van der Waals surface area contributed by atoms with E-state index in [0.717, 1.165) is 10.7 Å². The second kappa shape index (κ2) is 6.62. The maximum Gasteiger partial charge on any atom is 0.261 e. The van der Waals surface area contributed by atoms with Crippen LogP contribution >= 0.6 is 11.3 Å². The number of hydrogen-bond donors (Lipinski definition) is 2. The minimum absolute atomic E-state index is 0.0785. The highest BCUT2D eigenvalue weighted by Crippen LogP contribution is 2.15. The van der Waals surface area contributed by atoms with Gasteiger partial charge in [-0.2, -0.15) is 0 Å². The fourth-order valence-corrected chi connectivity index (χ4v) is 2.80. The van der Waals surface area contributed by atoms with E-state index in [9.17, 15) is 9.59 Å². The van der Waals surface area contributed by atoms with Crippen LogP contribution in [0.2, 0.25) is 0 Å². The molecule has 3 heterocycles. The molecular formula is C16H15N3O3S. The van der Waals surface area contributed by atoms with Crippen molar-refractivity contribution in [2.45, 2.75) is 13.3 Å². The van der Waals surface area contributed by atoms with Gasteiger partial charge in [0.25, 0.3) is 11.5 Å². The maximum atomic E-state index is 12.1. The van der Waals surface area contributed by atoms with Crippen LogP contribution in [0, 0.1) is 6.92 Å². The number of hydrogen-bond acceptors (Lipinski definition) is 5. The third kappa shape index (κ3) is 3.57. The Morgan fingerprint density at radius 1 is 1.39 bits per heavy atom. The van der Waals surface area contributed by atoms with E-state index in [-0.39, 0.29) is 5.56 Å². The van der Waals surface area contributed by atoms with Crippen molar-refractivity contribution in [3.63, 3.8) is 0 Å². The Kier molecular flexibility index (Phi) is 4.38. The van der Waals surface area contributed by atoms with Gasteiger partial charge in [0.2, 0.25) is 0 Å². The lowest BCUT2D eigenvalue weighted by Gasteiger charge is -2.04. The average molecular weight is 329 g/mol. The smallest absolute Gasteiger partial charge is 0.261 e. The van der Waals surface area contributed by atoms with Crippen LogP contribution in [0.1, 0.15) is 21.1 Å². The standard InChI is InChI=1S/C16H15N3O3S/c1-10-18-11(9-23-10)6-7-17-15(20)12-4-5-13(19-16(12)21)14-3-2-8-22-14/h2-5,8-9H,6-7H2,1H3,(H,17,20)(H,19,21). The maximum absolute atomic E-state index is 12.1. The molecule has 0 radical (unpaired) electrons. The van der Waals surface area contributed by atoms with Crippen LogP contribution in [0.3, 0.4) is 0 Å². The number of furan rings is 1. The molecule has 7 heteroatoms. The van der Waals surface area contributed by atoms with Gasteiger partial charge in [0.15, 0.2) is 0 Å². The fourth-order valence-electron chi connectivity index (χ4n) is 2.15. The van der Waals surface area contributed by atoms with Crippen molar-refractivity contribution in [1.82, 2.24) is 15.3 Å². The summed E-state index contributed by atoms with van der Waals surface area (Å²) in [6, 6.07) is 6.62. The predicted molar refractivity (Wildman–Crippen MR) is 87.7 cm³/mol. The molecule has 2 N–H and O–H groups in total. The van der Waals surface area contributed by atoms with Crippen molar-refractivity contribution in [2.75, 3.05) is 6.54 Å². The van der Waals surface area contributed by atoms with Gasteiger partial charge in [-0.05, 0) is 31.2 Å². The summed E-state index contributed by atoms with van der Waals surface area (Å²) in [6.45, 7) is 2.37. The van der Waals surface area contributed by atoms with E-state index in [2.05, 4.69) is 15.3 Å². The summed E-state index contributed by atoms with van der Waals surface area (Å²) in [4.78, 5) is 31.1. The zero-order chi connectivity index (χ0) is 16.2. The van der Waals surface area contributed by atoms with E-state index in [0.29, 0.717) is 24.4 Å². The molecule has 0 spiro atoms. The van der Waals surface area contributed by atoms with Crippen LogP contribution < -0.4 is 10.9 Å². The first kappa shape index (κ1) is 15.2. The summed E-state index contributed by atoms with van der Waals surface area (Å²) in [5, 5.41) is 5.70. The first-order valence-electron chi connectivity index (χ1n) is 7.10. The van der Waals surface area contributed by atoms with Crippen molar-refractivity contribution in [3.8, 4) is 11.5 Å². The largest absolute Gasteiger partial charge is 0.463 e. The lowest BCUT2D eigenvalue weighted by Crippen LogP contribution is -2.31. The summed E-state index contributed by atoms with van der Waals surface area (Å²) in [6.07, 6.45) is 2.16. The van der Waals surface area contributed by atoms with Gasteiger partial charge in [0.1, 0.15) is 11.3 Å². The van der Waals surface area contributed by atoms with Crippen molar-refractivity contribution in [3.05, 3.63) is 62.5 Å². The predicted octanol–water partition coefficient (Wildman–Crippen LogP) is 2.37. The molecular weight excluding hydrogens is 314 g/mol. The molecule has 0 bridgehead atoms. The van der Waals surface area contributed by atoms with Crippen molar-refractivity contribution in [1.29, 1.82) is 0 Å². The SMILES string of the molecule is Cc1nc(CCNC(=O)c2ccc(-c3ccco3)[nH]c2=O)cs1. The Hall–Kier alpha value is -2.67. The third-order valence-corrected chi connectivity index (χ3v) is 4.10. The molecule has 3 aromatic rings. The number of nitrogens with one attached hydrogen (secondary N) is 2. The molecule has 3 rings (SSSR count). The van der Waals surface area contributed by atoms with Crippen LogP contribution in [0.15, 0.2) is 45.1 Å². The zero-order valence-electron chi connectivity index (χ0n) is 12.5. The molecule has 0 aliphatic carbocycles. The lowest BCUT2D eigenvalue weighted by molar-refractivity contribution is 0.0952. The number of pyridine rings is 1. The first-order valence-corrected chi connectivity index (χ1v) is 7.98. The summed E-state index contributed by atoms with van der Waals surface area (Å²) < 4.78 is 5.21. The number of aromatic nitrogens is 2. The molecule has 0 saturated heterocycles. The zero-order valence-corrected chi connectivity index (χ0v) is 13.3. The quantitative estimate of drug-likeness (QED) is 0.752. The van der Waals surface area contributed by atoms with Crippen molar-refractivity contribution < 1.29 is 9.21 Å². The van der Waals surface area contributed by atoms with Crippen molar-refractivity contribution >= 4 is 17.2 Å². The lowest BCUT2D eigenvalue weighted by atomic mass is 10.2. The highest BCUT2D eigenvalue weighted by molar-refractivity contribution is 7.09. The molecule has 0 unspecified atom stereocenters. The van der Waals surface area contributed by atoms with Crippen LogP contribution in [0.25, 0.3) is 11.5 Å². The molecule has 0 aliphatic rings. The monoisotopic (exact) mass is 329 g/mol. The van der Waals surface area contributed by atoms with Gasteiger partial charge in [-0.25, -0.2) is 4.98 Å². The number of carbonyl (C=O) groups is 1. The van der Waals surface area contributed by atoms with Crippen LogP contribution in [0.4, 0.5) is 0 Å². The minimum atomic E-state index is -0.444. The van der Waals surface area contributed by atoms with Gasteiger partial charge in [-0.3, -0.25) is 9.59 Å². The number of amides is 1. The summed E-state index contributed by atoms with van der Waals surface area (Å²) in [7, 11) is 0. The average Bonchev–Trinajstić information content (AvgIpc) is 3.18. The Balaban J connectivity index is 1.64. The van der Waals surface area contributed by atoms with Gasteiger partial charge in [0.05, 0.1) is 22.7 Å². The molecule has 118 valence electrons. The van der Waals surface area contributed by atoms with Crippen LogP contribution in [-0.4, -0.2) is 22.4 Å². The number of carbonyl (C=O) groups excluding carboxylic acids is 1. The number of aryl methyl sites for hydroxylation is 1. The number of thiazole rings is 1. The molecule has 0 fully saturated rings. The number of rotatable bonds is 5. The van der Waals surface area contributed by atoms with Gasteiger partial charge in [0, 0.05) is 18.3 Å². The highest BCUT2D eigenvalue weighted by Gasteiger charge is 2.12. The Morgan fingerprint density at radius 3 is 2.91 bits per heavy atom. The number of nitrogens with zero attached hydrogens (tertiary/aromatic N) is 1. The Labute approximate surface area is 136 Å². The van der Waals surface area contributed by atoms with Gasteiger partial charge < -0.3 is 14.7 Å². The molecule has 0 atom stereocenters. The highest BCUT2D eigenvalue weighted by atomic mass is 32.1. The second-order valence-electron chi connectivity index (χ2n) is 4.96. The second-order valence-corrected chi connectivity index (χ2v) is 6.02. The fraction of sp³-hybridized carbons (Fsp3) is 0.188. The number of aromatic amines is 1. The van der Waals surface area contributed by atoms with Gasteiger partial charge in [-0.1, -0.05) is 0 Å². The molecule has 3 aromatic heterocycles. The van der Waals surface area contributed by atoms with Crippen LogP contribution in [-0.2, 0) is 6.42 Å². The van der Waals surface area contributed by atoms with Gasteiger partial charge in [-0.15, -0.1) is 11.3 Å². The molecule has 0 saturated carbocycles. The Morgan fingerprint density at radius 2 is 2.26 bits per heavy atom.